The van der Waals surface area contributed by atoms with Crippen LogP contribution < -0.4 is 14.8 Å². The predicted molar refractivity (Wildman–Crippen MR) is 164 cm³/mol. The summed E-state index contributed by atoms with van der Waals surface area (Å²) >= 11 is 4.75. The molecule has 1 heterocycles. The molecule has 3 rings (SSSR count). The van der Waals surface area contributed by atoms with E-state index < -0.39 is 0 Å². The van der Waals surface area contributed by atoms with Crippen LogP contribution in [0, 0.1) is 0 Å². The summed E-state index contributed by atoms with van der Waals surface area (Å²) in [5, 5.41) is 12.3. The minimum absolute atomic E-state index is 0.0807. The van der Waals surface area contributed by atoms with Gasteiger partial charge in [-0.3, -0.25) is 9.59 Å². The lowest BCUT2D eigenvalue weighted by Gasteiger charge is -2.23. The van der Waals surface area contributed by atoms with Gasteiger partial charge >= 0.3 is 0 Å². The fraction of sp³-hybridized carbons (Fsp3) is 0.467. The Morgan fingerprint density at radius 1 is 0.900 bits per heavy atom. The molecule has 0 aliphatic rings. The van der Waals surface area contributed by atoms with Gasteiger partial charge in [0.15, 0.2) is 11.5 Å². The summed E-state index contributed by atoms with van der Waals surface area (Å²) in [5.74, 6) is 1.21. The summed E-state index contributed by atoms with van der Waals surface area (Å²) < 4.78 is 11.7. The summed E-state index contributed by atoms with van der Waals surface area (Å²) in [7, 11) is 3.21. The number of unbranched alkanes of at least 4 members (excludes halogenated alkanes) is 5. The highest BCUT2D eigenvalue weighted by molar-refractivity contribution is 9.10. The molecular weight excluding hydrogens is 592 g/mol. The third-order valence-corrected chi connectivity index (χ3v) is 8.00. The molecule has 2 aromatic carbocycles. The van der Waals surface area contributed by atoms with Crippen molar-refractivity contribution in [3.05, 3.63) is 52.5 Å². The van der Waals surface area contributed by atoms with Crippen LogP contribution in [0.4, 0.5) is 5.13 Å². The van der Waals surface area contributed by atoms with Crippen molar-refractivity contribution >= 4 is 44.2 Å². The molecule has 3 aromatic rings. The van der Waals surface area contributed by atoms with Crippen molar-refractivity contribution < 1.29 is 19.1 Å². The molecule has 1 aromatic heterocycles. The van der Waals surface area contributed by atoms with Gasteiger partial charge in [0.2, 0.25) is 16.9 Å². The van der Waals surface area contributed by atoms with Crippen molar-refractivity contribution in [2.24, 2.45) is 0 Å². The fourth-order valence-corrected chi connectivity index (χ4v) is 5.31. The summed E-state index contributed by atoms with van der Waals surface area (Å²) in [4.78, 5) is 27.7. The number of anilines is 1. The van der Waals surface area contributed by atoms with E-state index in [9.17, 15) is 9.59 Å². The molecule has 0 spiro atoms. The molecule has 0 aliphatic heterocycles. The van der Waals surface area contributed by atoms with Crippen molar-refractivity contribution in [3.63, 3.8) is 0 Å². The van der Waals surface area contributed by atoms with E-state index in [2.05, 4.69) is 38.4 Å². The molecule has 1 N–H and O–H groups in total. The monoisotopic (exact) mass is 630 g/mol. The SMILES string of the molecule is CCCCCCCCC(=O)N(CCC(=O)Nc1nnc(-c2ccc(Br)cc2)s1)CCc1ccc(OC)c(OC)c1. The summed E-state index contributed by atoms with van der Waals surface area (Å²) in [5.41, 5.74) is 1.97. The smallest absolute Gasteiger partial charge is 0.227 e. The van der Waals surface area contributed by atoms with Crippen molar-refractivity contribution in [1.29, 1.82) is 0 Å². The number of hydrogen-bond donors (Lipinski definition) is 1. The van der Waals surface area contributed by atoms with Crippen molar-refractivity contribution in [1.82, 2.24) is 15.1 Å². The van der Waals surface area contributed by atoms with Crippen LogP contribution in [0.3, 0.4) is 0 Å². The minimum Gasteiger partial charge on any atom is -0.493 e. The first-order chi connectivity index (χ1) is 19.4. The average Bonchev–Trinajstić information content (AvgIpc) is 3.43. The highest BCUT2D eigenvalue weighted by Crippen LogP contribution is 2.29. The Hall–Kier alpha value is -2.98. The number of carbonyl (C=O) groups is 2. The zero-order chi connectivity index (χ0) is 28.7. The zero-order valence-corrected chi connectivity index (χ0v) is 26.0. The van der Waals surface area contributed by atoms with Crippen LogP contribution in [0.5, 0.6) is 11.5 Å². The number of halogens is 1. The van der Waals surface area contributed by atoms with Gasteiger partial charge in [-0.05, 0) is 42.7 Å². The topological polar surface area (TPSA) is 93.7 Å². The lowest BCUT2D eigenvalue weighted by atomic mass is 10.1. The number of nitrogens with one attached hydrogen (secondary N) is 1. The molecule has 0 aliphatic carbocycles. The number of rotatable bonds is 17. The molecule has 0 saturated carbocycles. The van der Waals surface area contributed by atoms with Gasteiger partial charge in [0, 0.05) is 36.0 Å². The van der Waals surface area contributed by atoms with Gasteiger partial charge in [-0.25, -0.2) is 0 Å². The highest BCUT2D eigenvalue weighted by Gasteiger charge is 2.17. The Kier molecular flexibility index (Phi) is 13.4. The Balaban J connectivity index is 1.57. The van der Waals surface area contributed by atoms with E-state index in [0.717, 1.165) is 39.9 Å². The van der Waals surface area contributed by atoms with E-state index in [1.54, 1.807) is 19.1 Å². The third kappa shape index (κ3) is 10.2. The standard InChI is InChI=1S/C30H39BrN4O4S/c1-4-5-6-7-8-9-10-28(37)35(19-17-22-11-16-25(38-2)26(21-22)39-3)20-18-27(36)32-30-34-33-29(40-30)23-12-14-24(31)15-13-23/h11-16,21H,4-10,17-20H2,1-3H3,(H,32,34,36). The second-order valence-electron chi connectivity index (χ2n) is 9.56. The number of benzene rings is 2. The Bertz CT molecular complexity index is 1220. The molecule has 40 heavy (non-hydrogen) atoms. The fourth-order valence-electron chi connectivity index (χ4n) is 4.28. The number of carbonyl (C=O) groups excluding carboxylic acids is 2. The molecule has 0 fully saturated rings. The Morgan fingerprint density at radius 3 is 2.35 bits per heavy atom. The number of aromatic nitrogens is 2. The van der Waals surface area contributed by atoms with Crippen molar-refractivity contribution in [2.45, 2.75) is 64.7 Å². The number of ether oxygens (including phenoxy) is 2. The first-order valence-electron chi connectivity index (χ1n) is 13.8. The second kappa shape index (κ2) is 17.0. The van der Waals surface area contributed by atoms with Crippen LogP contribution in [0.2, 0.25) is 0 Å². The van der Waals surface area contributed by atoms with Crippen LogP contribution in [0.25, 0.3) is 10.6 Å². The average molecular weight is 632 g/mol. The molecule has 216 valence electrons. The highest BCUT2D eigenvalue weighted by atomic mass is 79.9. The second-order valence-corrected chi connectivity index (χ2v) is 11.4. The van der Waals surface area contributed by atoms with E-state index in [1.807, 2.05) is 42.5 Å². The first-order valence-corrected chi connectivity index (χ1v) is 15.4. The largest absolute Gasteiger partial charge is 0.493 e. The quantitative estimate of drug-likeness (QED) is 0.159. The van der Waals surface area contributed by atoms with Gasteiger partial charge in [0.05, 0.1) is 14.2 Å². The van der Waals surface area contributed by atoms with Crippen molar-refractivity contribution in [2.75, 3.05) is 32.6 Å². The zero-order valence-electron chi connectivity index (χ0n) is 23.6. The first kappa shape index (κ1) is 31.5. The maximum atomic E-state index is 13.2. The van der Waals surface area contributed by atoms with Gasteiger partial charge in [0.1, 0.15) is 5.01 Å². The Morgan fingerprint density at radius 2 is 1.62 bits per heavy atom. The third-order valence-electron chi connectivity index (χ3n) is 6.59. The van der Waals surface area contributed by atoms with Gasteiger partial charge < -0.3 is 19.7 Å². The van der Waals surface area contributed by atoms with Crippen molar-refractivity contribution in [3.8, 4) is 22.1 Å². The molecule has 0 unspecified atom stereocenters. The molecule has 0 atom stereocenters. The maximum absolute atomic E-state index is 13.2. The van der Waals surface area contributed by atoms with Gasteiger partial charge in [-0.2, -0.15) is 0 Å². The summed E-state index contributed by atoms with van der Waals surface area (Å²) in [6, 6.07) is 13.5. The molecule has 10 heteroatoms. The van der Waals surface area contributed by atoms with E-state index in [-0.39, 0.29) is 18.2 Å². The Labute approximate surface area is 249 Å². The predicted octanol–water partition coefficient (Wildman–Crippen LogP) is 7.14. The molecule has 0 saturated heterocycles. The normalized spacial score (nSPS) is 10.8. The van der Waals surface area contributed by atoms with Crippen LogP contribution in [0.1, 0.15) is 63.9 Å². The molecule has 0 radical (unpaired) electrons. The number of nitrogens with zero attached hydrogens (tertiary/aromatic N) is 3. The maximum Gasteiger partial charge on any atom is 0.227 e. The van der Waals surface area contributed by atoms with Gasteiger partial charge in [-0.1, -0.05) is 84.5 Å². The molecular formula is C30H39BrN4O4S. The van der Waals surface area contributed by atoms with E-state index in [4.69, 9.17) is 9.47 Å². The minimum atomic E-state index is -0.193. The summed E-state index contributed by atoms with van der Waals surface area (Å²) in [6.45, 7) is 3.05. The number of methoxy groups -OCH3 is 2. The number of hydrogen-bond acceptors (Lipinski definition) is 7. The number of amides is 2. The summed E-state index contributed by atoms with van der Waals surface area (Å²) in [6.07, 6.45) is 8.04. The van der Waals surface area contributed by atoms with E-state index in [1.165, 1.54) is 30.6 Å². The molecule has 2 amide bonds. The van der Waals surface area contributed by atoms with E-state index >= 15 is 0 Å². The lowest BCUT2D eigenvalue weighted by molar-refractivity contribution is -0.131. The lowest BCUT2D eigenvalue weighted by Crippen LogP contribution is -2.35. The van der Waals surface area contributed by atoms with E-state index in [0.29, 0.717) is 42.6 Å². The molecule has 0 bridgehead atoms. The van der Waals surface area contributed by atoms with Crippen LogP contribution >= 0.6 is 27.3 Å². The molecule has 8 nitrogen and oxygen atoms in total. The van der Waals surface area contributed by atoms with Crippen LogP contribution in [-0.4, -0.2) is 54.2 Å². The van der Waals surface area contributed by atoms with Gasteiger partial charge in [-0.15, -0.1) is 10.2 Å². The van der Waals surface area contributed by atoms with Crippen LogP contribution in [-0.2, 0) is 16.0 Å². The van der Waals surface area contributed by atoms with Gasteiger partial charge in [0.25, 0.3) is 0 Å². The van der Waals surface area contributed by atoms with Crippen LogP contribution in [0.15, 0.2) is 46.9 Å².